The third-order valence-corrected chi connectivity index (χ3v) is 1.98. The lowest BCUT2D eigenvalue weighted by Crippen LogP contribution is -2.05. The molecular formula is C11H9F2N3. The average molecular weight is 221 g/mol. The minimum atomic E-state index is -0.502. The second kappa shape index (κ2) is 4.65. The molecule has 0 atom stereocenters. The van der Waals surface area contributed by atoms with Crippen LogP contribution in [0.1, 0.15) is 5.82 Å². The lowest BCUT2D eigenvalue weighted by molar-refractivity contribution is 0.602. The summed E-state index contributed by atoms with van der Waals surface area (Å²) in [4.78, 5) is 7.91. The molecule has 0 spiro atoms. The molecule has 1 heterocycles. The van der Waals surface area contributed by atoms with Crippen LogP contribution >= 0.6 is 0 Å². The standard InChI is InChI=1S/C11H9F2N3/c12-8-2-3-9(13)10(6-8)16-7-11-14-4-1-5-15-11/h1-6,16H,7H2. The smallest absolute Gasteiger partial charge is 0.147 e. The molecule has 1 N–H and O–H groups in total. The topological polar surface area (TPSA) is 37.8 Å². The van der Waals surface area contributed by atoms with Crippen LogP contribution in [-0.4, -0.2) is 9.97 Å². The molecule has 0 aliphatic rings. The number of halogens is 2. The van der Waals surface area contributed by atoms with Crippen molar-refractivity contribution >= 4 is 5.69 Å². The van der Waals surface area contributed by atoms with Crippen molar-refractivity contribution < 1.29 is 8.78 Å². The van der Waals surface area contributed by atoms with Crippen molar-refractivity contribution in [3.05, 3.63) is 54.1 Å². The number of nitrogens with zero attached hydrogens (tertiary/aromatic N) is 2. The number of hydrogen-bond acceptors (Lipinski definition) is 3. The molecule has 16 heavy (non-hydrogen) atoms. The molecule has 0 bridgehead atoms. The van der Waals surface area contributed by atoms with Crippen LogP contribution in [0.15, 0.2) is 36.7 Å². The molecule has 2 rings (SSSR count). The molecule has 1 aromatic carbocycles. The van der Waals surface area contributed by atoms with Crippen LogP contribution in [0.4, 0.5) is 14.5 Å². The van der Waals surface area contributed by atoms with E-state index in [9.17, 15) is 8.78 Å². The van der Waals surface area contributed by atoms with Gasteiger partial charge in [0.15, 0.2) is 0 Å². The van der Waals surface area contributed by atoms with Gasteiger partial charge in [-0.2, -0.15) is 0 Å². The second-order valence-corrected chi connectivity index (χ2v) is 3.14. The first kappa shape index (κ1) is 10.5. The van der Waals surface area contributed by atoms with E-state index in [4.69, 9.17) is 0 Å². The van der Waals surface area contributed by atoms with Crippen LogP contribution < -0.4 is 5.32 Å². The van der Waals surface area contributed by atoms with Crippen molar-refractivity contribution in [2.75, 3.05) is 5.32 Å². The van der Waals surface area contributed by atoms with E-state index >= 15 is 0 Å². The summed E-state index contributed by atoms with van der Waals surface area (Å²) in [7, 11) is 0. The van der Waals surface area contributed by atoms with Gasteiger partial charge in [0.2, 0.25) is 0 Å². The third-order valence-electron chi connectivity index (χ3n) is 1.98. The Kier molecular flexibility index (Phi) is 3.05. The first-order valence-electron chi connectivity index (χ1n) is 4.70. The van der Waals surface area contributed by atoms with Crippen molar-refractivity contribution in [1.29, 1.82) is 0 Å². The van der Waals surface area contributed by atoms with Crippen molar-refractivity contribution in [3.8, 4) is 0 Å². The van der Waals surface area contributed by atoms with Gasteiger partial charge in [0.05, 0.1) is 12.2 Å². The fraction of sp³-hybridized carbons (Fsp3) is 0.0909. The van der Waals surface area contributed by atoms with E-state index < -0.39 is 11.6 Å². The highest BCUT2D eigenvalue weighted by molar-refractivity contribution is 5.44. The van der Waals surface area contributed by atoms with E-state index in [0.717, 1.165) is 18.2 Å². The number of aromatic nitrogens is 2. The predicted octanol–water partition coefficient (Wildman–Crippen LogP) is 2.37. The van der Waals surface area contributed by atoms with Gasteiger partial charge in [-0.25, -0.2) is 18.7 Å². The maximum atomic E-state index is 13.2. The molecule has 0 fully saturated rings. The molecule has 5 heteroatoms. The lowest BCUT2D eigenvalue weighted by atomic mass is 10.3. The third kappa shape index (κ3) is 2.50. The van der Waals surface area contributed by atoms with E-state index in [1.807, 2.05) is 0 Å². The predicted molar refractivity (Wildman–Crippen MR) is 55.7 cm³/mol. The minimum absolute atomic E-state index is 0.104. The molecule has 0 aliphatic heterocycles. The number of rotatable bonds is 3. The minimum Gasteiger partial charge on any atom is -0.375 e. The Morgan fingerprint density at radius 2 is 1.88 bits per heavy atom. The summed E-state index contributed by atoms with van der Waals surface area (Å²) in [6.07, 6.45) is 3.18. The quantitative estimate of drug-likeness (QED) is 0.864. The van der Waals surface area contributed by atoms with E-state index in [1.165, 1.54) is 0 Å². The highest BCUT2D eigenvalue weighted by Crippen LogP contribution is 2.15. The summed E-state index contributed by atoms with van der Waals surface area (Å²) in [5, 5.41) is 2.73. The molecule has 0 aliphatic carbocycles. The van der Waals surface area contributed by atoms with E-state index in [0.29, 0.717) is 5.82 Å². The van der Waals surface area contributed by atoms with Crippen LogP contribution in [0.5, 0.6) is 0 Å². The Balaban J connectivity index is 2.08. The van der Waals surface area contributed by atoms with Crippen molar-refractivity contribution in [1.82, 2.24) is 9.97 Å². The van der Waals surface area contributed by atoms with Crippen molar-refractivity contribution in [3.63, 3.8) is 0 Å². The molecule has 0 unspecified atom stereocenters. The van der Waals surface area contributed by atoms with Crippen molar-refractivity contribution in [2.45, 2.75) is 6.54 Å². The summed E-state index contributed by atoms with van der Waals surface area (Å²) >= 11 is 0. The summed E-state index contributed by atoms with van der Waals surface area (Å²) in [6.45, 7) is 0.251. The fourth-order valence-electron chi connectivity index (χ4n) is 1.23. The van der Waals surface area contributed by atoms with Gasteiger partial charge in [-0.1, -0.05) is 0 Å². The van der Waals surface area contributed by atoms with Gasteiger partial charge in [-0.15, -0.1) is 0 Å². The number of nitrogens with one attached hydrogen (secondary N) is 1. The largest absolute Gasteiger partial charge is 0.375 e. The van der Waals surface area contributed by atoms with Gasteiger partial charge in [-0.3, -0.25) is 0 Å². The van der Waals surface area contributed by atoms with Crippen LogP contribution in [0.3, 0.4) is 0 Å². The van der Waals surface area contributed by atoms with Crippen LogP contribution in [0, 0.1) is 11.6 Å². The first-order chi connectivity index (χ1) is 7.75. The average Bonchev–Trinajstić information content (AvgIpc) is 2.32. The molecule has 0 saturated carbocycles. The molecule has 0 amide bonds. The number of hydrogen-bond donors (Lipinski definition) is 1. The Morgan fingerprint density at radius 3 is 2.62 bits per heavy atom. The maximum Gasteiger partial charge on any atom is 0.147 e. The Hall–Kier alpha value is -2.04. The molecule has 3 nitrogen and oxygen atoms in total. The zero-order chi connectivity index (χ0) is 11.4. The summed E-state index contributed by atoms with van der Waals surface area (Å²) in [5.74, 6) is -0.471. The second-order valence-electron chi connectivity index (χ2n) is 3.14. The molecule has 1 aromatic heterocycles. The number of anilines is 1. The summed E-state index contributed by atoms with van der Waals surface area (Å²) in [6, 6.07) is 4.92. The van der Waals surface area contributed by atoms with E-state index in [2.05, 4.69) is 15.3 Å². The fourth-order valence-corrected chi connectivity index (χ4v) is 1.23. The zero-order valence-electron chi connectivity index (χ0n) is 8.32. The van der Waals surface area contributed by atoms with Crippen LogP contribution in [0.25, 0.3) is 0 Å². The van der Waals surface area contributed by atoms with Crippen molar-refractivity contribution in [2.24, 2.45) is 0 Å². The first-order valence-corrected chi connectivity index (χ1v) is 4.70. The summed E-state index contributed by atoms with van der Waals surface area (Å²) in [5.41, 5.74) is 0.104. The normalized spacial score (nSPS) is 10.1. The SMILES string of the molecule is Fc1ccc(F)c(NCc2ncccn2)c1. The maximum absolute atomic E-state index is 13.2. The highest BCUT2D eigenvalue weighted by atomic mass is 19.1. The Bertz CT molecular complexity index is 474. The lowest BCUT2D eigenvalue weighted by Gasteiger charge is -2.06. The molecule has 2 aromatic rings. The van der Waals surface area contributed by atoms with Gasteiger partial charge in [-0.05, 0) is 24.3 Å². The van der Waals surface area contributed by atoms with E-state index in [-0.39, 0.29) is 12.2 Å². The van der Waals surface area contributed by atoms with E-state index in [1.54, 1.807) is 18.5 Å². The molecule has 0 saturated heterocycles. The Morgan fingerprint density at radius 1 is 1.12 bits per heavy atom. The molecular weight excluding hydrogens is 212 g/mol. The molecule has 82 valence electrons. The molecule has 0 radical (unpaired) electrons. The van der Waals surface area contributed by atoms with Gasteiger partial charge >= 0.3 is 0 Å². The van der Waals surface area contributed by atoms with Crippen LogP contribution in [-0.2, 0) is 6.54 Å². The summed E-state index contributed by atoms with van der Waals surface area (Å²) < 4.78 is 26.0. The zero-order valence-corrected chi connectivity index (χ0v) is 8.32. The number of benzene rings is 1. The Labute approximate surface area is 91.2 Å². The van der Waals surface area contributed by atoms with Gasteiger partial charge in [0.25, 0.3) is 0 Å². The highest BCUT2D eigenvalue weighted by Gasteiger charge is 2.03. The van der Waals surface area contributed by atoms with Gasteiger partial charge in [0.1, 0.15) is 17.5 Å². The monoisotopic (exact) mass is 221 g/mol. The van der Waals surface area contributed by atoms with Gasteiger partial charge < -0.3 is 5.32 Å². The van der Waals surface area contributed by atoms with Crippen LogP contribution in [0.2, 0.25) is 0 Å². The van der Waals surface area contributed by atoms with Gasteiger partial charge in [0, 0.05) is 12.4 Å².